The number of carbonyl (C=O) groups is 1. The van der Waals surface area contributed by atoms with Gasteiger partial charge in [0.05, 0.1) is 17.3 Å². The molecule has 0 aliphatic heterocycles. The molecule has 0 unspecified atom stereocenters. The van der Waals surface area contributed by atoms with E-state index in [4.69, 9.17) is 23.2 Å². The summed E-state index contributed by atoms with van der Waals surface area (Å²) in [7, 11) is 0. The summed E-state index contributed by atoms with van der Waals surface area (Å²) in [6, 6.07) is 18.5. The molecule has 0 radical (unpaired) electrons. The number of hydrogen-bond donors (Lipinski definition) is 2. The largest absolute Gasteiger partial charge is 0.331 e. The second-order valence-corrected chi connectivity index (χ2v) is 9.21. The third kappa shape index (κ3) is 6.08. The minimum Gasteiger partial charge on any atom is -0.331 e. The zero-order chi connectivity index (χ0) is 24.1. The van der Waals surface area contributed by atoms with E-state index in [9.17, 15) is 9.18 Å². The first-order valence-electron chi connectivity index (χ1n) is 10.3. The molecule has 0 aliphatic rings. The van der Waals surface area contributed by atoms with Crippen molar-refractivity contribution in [1.29, 1.82) is 0 Å². The summed E-state index contributed by atoms with van der Waals surface area (Å²) in [5.74, 6) is 0.725. The zero-order valence-electron chi connectivity index (χ0n) is 18.1. The van der Waals surface area contributed by atoms with Crippen LogP contribution in [0.25, 0.3) is 5.69 Å². The molecule has 4 aromatic rings. The van der Waals surface area contributed by atoms with Crippen molar-refractivity contribution < 1.29 is 9.18 Å². The number of halogens is 3. The van der Waals surface area contributed by atoms with Crippen LogP contribution in [0.5, 0.6) is 0 Å². The lowest BCUT2D eigenvalue weighted by atomic mass is 10.2. The Morgan fingerprint density at radius 2 is 1.85 bits per heavy atom. The van der Waals surface area contributed by atoms with Crippen molar-refractivity contribution in [2.45, 2.75) is 24.4 Å². The van der Waals surface area contributed by atoms with Gasteiger partial charge in [0.15, 0.2) is 11.0 Å². The minimum atomic E-state index is -0.377. The molecule has 1 heterocycles. The fourth-order valence-electron chi connectivity index (χ4n) is 3.19. The second-order valence-electron chi connectivity index (χ2n) is 7.42. The molecular weight excluding hydrogens is 496 g/mol. The first kappa shape index (κ1) is 24.1. The number of hydrogen-bond acceptors (Lipinski definition) is 4. The molecule has 2 amide bonds. The number of aryl methyl sites for hydroxylation is 1. The van der Waals surface area contributed by atoms with Crippen molar-refractivity contribution in [2.24, 2.45) is 0 Å². The van der Waals surface area contributed by atoms with E-state index in [0.29, 0.717) is 38.2 Å². The van der Waals surface area contributed by atoms with Crippen LogP contribution in [-0.4, -0.2) is 20.8 Å². The summed E-state index contributed by atoms with van der Waals surface area (Å²) in [6.45, 7) is 2.05. The van der Waals surface area contributed by atoms with Gasteiger partial charge in [0.1, 0.15) is 5.82 Å². The first-order chi connectivity index (χ1) is 16.4. The van der Waals surface area contributed by atoms with Gasteiger partial charge in [0.25, 0.3) is 0 Å². The van der Waals surface area contributed by atoms with Crippen LogP contribution in [0, 0.1) is 12.7 Å². The van der Waals surface area contributed by atoms with E-state index in [1.165, 1.54) is 23.9 Å². The van der Waals surface area contributed by atoms with Crippen LogP contribution in [0.1, 0.15) is 17.0 Å². The number of nitrogens with one attached hydrogen (secondary N) is 2. The Morgan fingerprint density at radius 3 is 2.62 bits per heavy atom. The topological polar surface area (TPSA) is 71.8 Å². The highest BCUT2D eigenvalue weighted by Gasteiger charge is 2.18. The number of nitrogens with zero attached hydrogens (tertiary/aromatic N) is 3. The van der Waals surface area contributed by atoms with Crippen molar-refractivity contribution in [3.8, 4) is 5.69 Å². The molecule has 3 aromatic carbocycles. The Bertz CT molecular complexity index is 1310. The van der Waals surface area contributed by atoms with E-state index in [1.807, 2.05) is 31.2 Å². The quantitative estimate of drug-likeness (QED) is 0.270. The van der Waals surface area contributed by atoms with E-state index in [0.717, 1.165) is 11.1 Å². The number of aromatic nitrogens is 3. The van der Waals surface area contributed by atoms with E-state index in [-0.39, 0.29) is 18.4 Å². The van der Waals surface area contributed by atoms with Gasteiger partial charge in [-0.15, -0.1) is 10.2 Å². The molecule has 2 N–H and O–H groups in total. The SMILES string of the molecule is Cc1cccc(NC(=O)NCc2nnc(SCc3ccc(F)cc3)n2-c2cc(Cl)ccc2Cl)c1. The summed E-state index contributed by atoms with van der Waals surface area (Å²) in [5, 5.41) is 15.7. The Balaban J connectivity index is 1.55. The second kappa shape index (κ2) is 10.9. The Morgan fingerprint density at radius 1 is 1.06 bits per heavy atom. The normalized spacial score (nSPS) is 10.8. The molecular formula is C24H20Cl2FN5OS. The number of benzene rings is 3. The standard InChI is InChI=1S/C24H20Cl2FN5OS/c1-15-3-2-4-19(11-15)29-23(33)28-13-22-30-31-24(34-14-16-5-8-18(27)9-6-16)32(22)21-12-17(25)7-10-20(21)26/h2-12H,13-14H2,1H3,(H2,28,29,33). The average molecular weight is 516 g/mol. The highest BCUT2D eigenvalue weighted by atomic mass is 35.5. The summed E-state index contributed by atoms with van der Waals surface area (Å²) in [4.78, 5) is 12.4. The van der Waals surface area contributed by atoms with Gasteiger partial charge in [-0.05, 0) is 60.5 Å². The smallest absolute Gasteiger partial charge is 0.319 e. The van der Waals surface area contributed by atoms with Gasteiger partial charge in [-0.1, -0.05) is 59.2 Å². The predicted molar refractivity (Wildman–Crippen MR) is 134 cm³/mol. The number of thioether (sulfide) groups is 1. The summed E-state index contributed by atoms with van der Waals surface area (Å²) >= 11 is 14.1. The van der Waals surface area contributed by atoms with Gasteiger partial charge in [-0.25, -0.2) is 9.18 Å². The van der Waals surface area contributed by atoms with E-state index < -0.39 is 0 Å². The summed E-state index contributed by atoms with van der Waals surface area (Å²) in [5.41, 5.74) is 3.25. The van der Waals surface area contributed by atoms with Gasteiger partial charge < -0.3 is 10.6 Å². The zero-order valence-corrected chi connectivity index (χ0v) is 20.4. The molecule has 1 aromatic heterocycles. The van der Waals surface area contributed by atoms with Crippen molar-refractivity contribution in [2.75, 3.05) is 5.32 Å². The highest BCUT2D eigenvalue weighted by molar-refractivity contribution is 7.98. The van der Waals surface area contributed by atoms with Gasteiger partial charge in [-0.3, -0.25) is 4.57 Å². The van der Waals surface area contributed by atoms with E-state index in [2.05, 4.69) is 20.8 Å². The number of urea groups is 1. The fourth-order valence-corrected chi connectivity index (χ4v) is 4.48. The van der Waals surface area contributed by atoms with Crippen molar-refractivity contribution in [3.05, 3.63) is 99.5 Å². The van der Waals surface area contributed by atoms with Crippen molar-refractivity contribution >= 4 is 46.7 Å². The maximum absolute atomic E-state index is 13.2. The van der Waals surface area contributed by atoms with Crippen LogP contribution in [0.3, 0.4) is 0 Å². The lowest BCUT2D eigenvalue weighted by Crippen LogP contribution is -2.29. The van der Waals surface area contributed by atoms with Crippen LogP contribution in [0.2, 0.25) is 10.0 Å². The van der Waals surface area contributed by atoms with Gasteiger partial charge in [-0.2, -0.15) is 0 Å². The third-order valence-electron chi connectivity index (χ3n) is 4.81. The maximum atomic E-state index is 13.2. The molecule has 10 heteroatoms. The molecule has 0 bridgehead atoms. The number of rotatable bonds is 7. The van der Waals surface area contributed by atoms with E-state index >= 15 is 0 Å². The molecule has 0 saturated carbocycles. The van der Waals surface area contributed by atoms with Gasteiger partial charge in [0, 0.05) is 16.5 Å². The summed E-state index contributed by atoms with van der Waals surface area (Å²) < 4.78 is 15.0. The Labute approximate surface area is 210 Å². The predicted octanol–water partition coefficient (Wildman–Crippen LogP) is 6.64. The molecule has 174 valence electrons. The highest BCUT2D eigenvalue weighted by Crippen LogP contribution is 2.31. The molecule has 0 saturated heterocycles. The average Bonchev–Trinajstić information content (AvgIpc) is 3.21. The lowest BCUT2D eigenvalue weighted by molar-refractivity contribution is 0.251. The molecule has 0 fully saturated rings. The third-order valence-corrected chi connectivity index (χ3v) is 6.37. The van der Waals surface area contributed by atoms with Crippen LogP contribution >= 0.6 is 35.0 Å². The molecule has 0 aliphatic carbocycles. The monoisotopic (exact) mass is 515 g/mol. The minimum absolute atomic E-state index is 0.102. The van der Waals surface area contributed by atoms with Crippen LogP contribution in [0.15, 0.2) is 71.9 Å². The number of amides is 2. The Kier molecular flexibility index (Phi) is 7.72. The fraction of sp³-hybridized carbons (Fsp3) is 0.125. The van der Waals surface area contributed by atoms with Crippen LogP contribution < -0.4 is 10.6 Å². The first-order valence-corrected chi connectivity index (χ1v) is 12.0. The maximum Gasteiger partial charge on any atom is 0.319 e. The number of anilines is 1. The Hall–Kier alpha value is -3.07. The van der Waals surface area contributed by atoms with Crippen molar-refractivity contribution in [3.63, 3.8) is 0 Å². The van der Waals surface area contributed by atoms with Gasteiger partial charge in [0.2, 0.25) is 0 Å². The lowest BCUT2D eigenvalue weighted by Gasteiger charge is -2.13. The molecule has 6 nitrogen and oxygen atoms in total. The van der Waals surface area contributed by atoms with E-state index in [1.54, 1.807) is 34.9 Å². The molecule has 0 atom stereocenters. The molecule has 4 rings (SSSR count). The van der Waals surface area contributed by atoms with Gasteiger partial charge >= 0.3 is 6.03 Å². The number of carbonyl (C=O) groups excluding carboxylic acids is 1. The van der Waals surface area contributed by atoms with Crippen LogP contribution in [0.4, 0.5) is 14.9 Å². The van der Waals surface area contributed by atoms with Crippen molar-refractivity contribution in [1.82, 2.24) is 20.1 Å². The molecule has 0 spiro atoms. The van der Waals surface area contributed by atoms with Crippen LogP contribution in [-0.2, 0) is 12.3 Å². The summed E-state index contributed by atoms with van der Waals surface area (Å²) in [6.07, 6.45) is 0. The molecule has 34 heavy (non-hydrogen) atoms.